The van der Waals surface area contributed by atoms with E-state index in [0.717, 1.165) is 22.8 Å². The highest BCUT2D eigenvalue weighted by Gasteiger charge is 2.22. The fraction of sp³-hybridized carbons (Fsp3) is 0.400. The Morgan fingerprint density at radius 3 is 2.44 bits per heavy atom. The van der Waals surface area contributed by atoms with Crippen molar-refractivity contribution in [1.82, 2.24) is 5.32 Å². The third kappa shape index (κ3) is 4.83. The molecule has 0 aliphatic heterocycles. The van der Waals surface area contributed by atoms with Gasteiger partial charge in [0.15, 0.2) is 5.78 Å². The van der Waals surface area contributed by atoms with E-state index in [0.29, 0.717) is 24.2 Å². The minimum Gasteiger partial charge on any atom is -0.346 e. The second-order valence-electron chi connectivity index (χ2n) is 6.37. The van der Waals surface area contributed by atoms with Crippen LogP contribution in [-0.4, -0.2) is 29.5 Å². The summed E-state index contributed by atoms with van der Waals surface area (Å²) in [5, 5.41) is 4.72. The highest BCUT2D eigenvalue weighted by molar-refractivity contribution is 7.80. The molecule has 0 saturated carbocycles. The molecule has 3 N–H and O–H groups in total. The molecule has 2 rings (SSSR count). The second kappa shape index (κ2) is 9.02. The van der Waals surface area contributed by atoms with Gasteiger partial charge < -0.3 is 11.1 Å². The van der Waals surface area contributed by atoms with Gasteiger partial charge in [0.1, 0.15) is 0 Å². The number of carbonyl (C=O) groups is 2. The van der Waals surface area contributed by atoms with Crippen molar-refractivity contribution in [2.45, 2.75) is 45.2 Å². The van der Waals surface area contributed by atoms with Gasteiger partial charge >= 0.3 is 0 Å². The Labute approximate surface area is 154 Å². The van der Waals surface area contributed by atoms with E-state index < -0.39 is 6.04 Å². The van der Waals surface area contributed by atoms with Crippen molar-refractivity contribution in [3.05, 3.63) is 47.5 Å². The van der Waals surface area contributed by atoms with Crippen LogP contribution in [0.4, 0.5) is 0 Å². The molecule has 134 valence electrons. The molecule has 25 heavy (non-hydrogen) atoms. The lowest BCUT2D eigenvalue weighted by atomic mass is 9.91. The summed E-state index contributed by atoms with van der Waals surface area (Å²) in [7, 11) is 0. The number of rotatable bonds is 8. The first kappa shape index (κ1) is 19.5. The Morgan fingerprint density at radius 2 is 1.84 bits per heavy atom. The topological polar surface area (TPSA) is 72.2 Å². The minimum absolute atomic E-state index is 0.0273. The number of benzene rings is 2. The SMILES string of the molecule is CCC[C@H](NC(C)=O)C(=O)c1ccc(C[C@@H](N)CS)c2ccccc12. The third-order valence-corrected chi connectivity index (χ3v) is 4.74. The van der Waals surface area contributed by atoms with Gasteiger partial charge in [-0.05, 0) is 29.2 Å². The minimum atomic E-state index is -0.489. The van der Waals surface area contributed by atoms with Crippen molar-refractivity contribution in [1.29, 1.82) is 0 Å². The van der Waals surface area contributed by atoms with Gasteiger partial charge in [-0.25, -0.2) is 0 Å². The van der Waals surface area contributed by atoms with Crippen LogP contribution in [0.1, 0.15) is 42.6 Å². The molecular weight excluding hydrogens is 332 g/mol. The van der Waals surface area contributed by atoms with Gasteiger partial charge in [-0.1, -0.05) is 49.7 Å². The fourth-order valence-corrected chi connectivity index (χ4v) is 3.22. The molecule has 1 amide bonds. The maximum atomic E-state index is 13.0. The van der Waals surface area contributed by atoms with E-state index in [4.69, 9.17) is 5.73 Å². The van der Waals surface area contributed by atoms with E-state index >= 15 is 0 Å². The van der Waals surface area contributed by atoms with E-state index in [1.807, 2.05) is 43.3 Å². The monoisotopic (exact) mass is 358 g/mol. The number of nitrogens with one attached hydrogen (secondary N) is 1. The second-order valence-corrected chi connectivity index (χ2v) is 6.74. The zero-order valence-corrected chi connectivity index (χ0v) is 15.7. The van der Waals surface area contributed by atoms with Crippen LogP contribution in [0, 0.1) is 0 Å². The molecule has 0 bridgehead atoms. The van der Waals surface area contributed by atoms with E-state index in [9.17, 15) is 9.59 Å². The number of hydrogen-bond donors (Lipinski definition) is 3. The van der Waals surface area contributed by atoms with E-state index in [2.05, 4.69) is 17.9 Å². The normalized spacial score (nSPS) is 13.4. The zero-order chi connectivity index (χ0) is 18.4. The number of Topliss-reactive ketones (excluding diaryl/α,β-unsaturated/α-hetero) is 1. The molecule has 0 radical (unpaired) electrons. The lowest BCUT2D eigenvalue weighted by Crippen LogP contribution is -2.39. The number of carbonyl (C=O) groups excluding carboxylic acids is 2. The lowest BCUT2D eigenvalue weighted by molar-refractivity contribution is -0.119. The molecule has 2 aromatic carbocycles. The molecule has 0 heterocycles. The Kier molecular flexibility index (Phi) is 7.02. The fourth-order valence-electron chi connectivity index (χ4n) is 3.09. The maximum Gasteiger partial charge on any atom is 0.217 e. The third-order valence-electron chi connectivity index (χ3n) is 4.27. The van der Waals surface area contributed by atoms with Crippen molar-refractivity contribution in [2.75, 3.05) is 5.75 Å². The van der Waals surface area contributed by atoms with Crippen molar-refractivity contribution >= 4 is 35.1 Å². The standard InChI is InChI=1S/C20H26N2O2S/c1-3-6-19(22-13(2)23)20(24)18-10-9-14(11-15(21)12-25)16-7-4-5-8-17(16)18/h4-5,7-10,15,19,25H,3,6,11-12,21H2,1-2H3,(H,22,23)/t15-,19+/m1/s1. The van der Waals surface area contributed by atoms with Crippen molar-refractivity contribution in [3.8, 4) is 0 Å². The largest absolute Gasteiger partial charge is 0.346 e. The van der Waals surface area contributed by atoms with Gasteiger partial charge in [-0.2, -0.15) is 12.6 Å². The van der Waals surface area contributed by atoms with Crippen LogP contribution in [-0.2, 0) is 11.2 Å². The molecule has 0 saturated heterocycles. The number of amides is 1. The highest BCUT2D eigenvalue weighted by atomic mass is 32.1. The first-order valence-corrected chi connectivity index (χ1v) is 9.29. The van der Waals surface area contributed by atoms with Gasteiger partial charge in [0, 0.05) is 24.3 Å². The van der Waals surface area contributed by atoms with Gasteiger partial charge in [-0.3, -0.25) is 9.59 Å². The summed E-state index contributed by atoms with van der Waals surface area (Å²) in [6, 6.07) is 11.2. The van der Waals surface area contributed by atoms with Gasteiger partial charge in [0.05, 0.1) is 6.04 Å². The Morgan fingerprint density at radius 1 is 1.16 bits per heavy atom. The summed E-state index contributed by atoms with van der Waals surface area (Å²) < 4.78 is 0. The number of thiol groups is 1. The molecule has 0 fully saturated rings. The number of nitrogens with two attached hydrogens (primary N) is 1. The highest BCUT2D eigenvalue weighted by Crippen LogP contribution is 2.25. The molecule has 0 aromatic heterocycles. The predicted molar refractivity (Wildman–Crippen MR) is 106 cm³/mol. The summed E-state index contributed by atoms with van der Waals surface area (Å²) in [4.78, 5) is 24.5. The summed E-state index contributed by atoms with van der Waals surface area (Å²) in [5.41, 5.74) is 7.80. The molecule has 5 heteroatoms. The van der Waals surface area contributed by atoms with E-state index in [-0.39, 0.29) is 17.7 Å². The first-order valence-electron chi connectivity index (χ1n) is 8.66. The van der Waals surface area contributed by atoms with E-state index in [1.54, 1.807) is 0 Å². The van der Waals surface area contributed by atoms with Crippen molar-refractivity contribution in [2.24, 2.45) is 5.73 Å². The van der Waals surface area contributed by atoms with Gasteiger partial charge in [0.25, 0.3) is 0 Å². The molecule has 0 aliphatic rings. The van der Waals surface area contributed by atoms with Crippen LogP contribution in [0.3, 0.4) is 0 Å². The molecule has 2 aromatic rings. The molecular formula is C20H26N2O2S. The molecule has 0 unspecified atom stereocenters. The van der Waals surface area contributed by atoms with Crippen molar-refractivity contribution < 1.29 is 9.59 Å². The average Bonchev–Trinajstić information content (AvgIpc) is 2.60. The smallest absolute Gasteiger partial charge is 0.217 e. The Bertz CT molecular complexity index is 760. The van der Waals surface area contributed by atoms with Crippen molar-refractivity contribution in [3.63, 3.8) is 0 Å². The van der Waals surface area contributed by atoms with Gasteiger partial charge in [-0.15, -0.1) is 0 Å². The average molecular weight is 359 g/mol. The van der Waals surface area contributed by atoms with Gasteiger partial charge in [0.2, 0.25) is 5.91 Å². The van der Waals surface area contributed by atoms with Crippen LogP contribution < -0.4 is 11.1 Å². The predicted octanol–water partition coefficient (Wildman–Crippen LogP) is 3.13. The van der Waals surface area contributed by atoms with Crippen LogP contribution in [0.5, 0.6) is 0 Å². The summed E-state index contributed by atoms with van der Waals surface area (Å²) >= 11 is 4.26. The summed E-state index contributed by atoms with van der Waals surface area (Å²) in [6.07, 6.45) is 2.16. The lowest BCUT2D eigenvalue weighted by Gasteiger charge is -2.18. The molecule has 0 spiro atoms. The maximum absolute atomic E-state index is 13.0. The Balaban J connectivity index is 2.46. The van der Waals surface area contributed by atoms with Crippen LogP contribution >= 0.6 is 12.6 Å². The number of hydrogen-bond acceptors (Lipinski definition) is 4. The summed E-state index contributed by atoms with van der Waals surface area (Å²) in [6.45, 7) is 3.44. The van der Waals surface area contributed by atoms with Crippen LogP contribution in [0.25, 0.3) is 10.8 Å². The number of fused-ring (bicyclic) bond motifs is 1. The zero-order valence-electron chi connectivity index (χ0n) is 14.8. The van der Waals surface area contributed by atoms with E-state index in [1.165, 1.54) is 6.92 Å². The Hall–Kier alpha value is -1.85. The quantitative estimate of drug-likeness (QED) is 0.501. The molecule has 4 nitrogen and oxygen atoms in total. The number of ketones is 1. The molecule has 0 aliphatic carbocycles. The van der Waals surface area contributed by atoms with Crippen LogP contribution in [0.2, 0.25) is 0 Å². The molecule has 2 atom stereocenters. The van der Waals surface area contributed by atoms with Crippen LogP contribution in [0.15, 0.2) is 36.4 Å². The summed E-state index contributed by atoms with van der Waals surface area (Å²) in [5.74, 6) is 0.376. The first-order chi connectivity index (χ1) is 12.0.